The van der Waals surface area contributed by atoms with Gasteiger partial charge in [-0.15, -0.1) is 6.58 Å². The van der Waals surface area contributed by atoms with Crippen molar-refractivity contribution in [3.8, 4) is 0 Å². The number of aliphatic hydroxyl groups excluding tert-OH is 1. The van der Waals surface area contributed by atoms with E-state index in [1.807, 2.05) is 36.4 Å². The van der Waals surface area contributed by atoms with E-state index in [2.05, 4.69) is 6.58 Å². The predicted molar refractivity (Wildman–Crippen MR) is 70.7 cm³/mol. The fourth-order valence-corrected chi connectivity index (χ4v) is 1.70. The number of aliphatic hydroxyl groups is 1. The molecule has 0 aromatic heterocycles. The van der Waals surface area contributed by atoms with E-state index >= 15 is 0 Å². The van der Waals surface area contributed by atoms with Crippen molar-refractivity contribution < 1.29 is 9.84 Å². The van der Waals surface area contributed by atoms with Crippen molar-refractivity contribution >= 4 is 0 Å². The molecule has 0 aliphatic heterocycles. The zero-order valence-electron chi connectivity index (χ0n) is 10.5. The quantitative estimate of drug-likeness (QED) is 0.552. The van der Waals surface area contributed by atoms with Gasteiger partial charge in [0.15, 0.2) is 0 Å². The number of hydrogen-bond acceptors (Lipinski definition) is 2. The normalized spacial score (nSPS) is 14.2. The van der Waals surface area contributed by atoms with Crippen LogP contribution in [0.3, 0.4) is 0 Å². The summed E-state index contributed by atoms with van der Waals surface area (Å²) in [5.41, 5.74) is 1.14. The minimum Gasteiger partial charge on any atom is -0.391 e. The molecule has 0 saturated heterocycles. The molecule has 17 heavy (non-hydrogen) atoms. The van der Waals surface area contributed by atoms with Crippen molar-refractivity contribution in [3.63, 3.8) is 0 Å². The molecule has 0 aliphatic carbocycles. The molecule has 2 atom stereocenters. The van der Waals surface area contributed by atoms with E-state index in [0.717, 1.165) is 24.8 Å². The van der Waals surface area contributed by atoms with Crippen LogP contribution >= 0.6 is 0 Å². The lowest BCUT2D eigenvalue weighted by molar-refractivity contribution is -0.0428. The van der Waals surface area contributed by atoms with E-state index < -0.39 is 6.10 Å². The first-order chi connectivity index (χ1) is 8.24. The third kappa shape index (κ3) is 5.66. The fourth-order valence-electron chi connectivity index (χ4n) is 1.70. The van der Waals surface area contributed by atoms with E-state index in [9.17, 15) is 5.11 Å². The Labute approximate surface area is 104 Å². The van der Waals surface area contributed by atoms with Gasteiger partial charge in [-0.2, -0.15) is 0 Å². The van der Waals surface area contributed by atoms with Crippen LogP contribution in [0.2, 0.25) is 0 Å². The van der Waals surface area contributed by atoms with Crippen molar-refractivity contribution in [3.05, 3.63) is 48.6 Å². The Kier molecular flexibility index (Phi) is 6.60. The summed E-state index contributed by atoms with van der Waals surface area (Å²) >= 11 is 0. The van der Waals surface area contributed by atoms with Crippen LogP contribution < -0.4 is 0 Å². The van der Waals surface area contributed by atoms with Crippen LogP contribution in [0.4, 0.5) is 0 Å². The maximum Gasteiger partial charge on any atom is 0.0835 e. The van der Waals surface area contributed by atoms with E-state index in [-0.39, 0.29) is 6.10 Å². The number of rotatable bonds is 8. The van der Waals surface area contributed by atoms with Gasteiger partial charge in [-0.1, -0.05) is 36.4 Å². The SMILES string of the molecule is C=CCCC[C@@H](OCc1ccccc1)[C@@H](C)O. The second kappa shape index (κ2) is 8.04. The molecular formula is C15H22O2. The Morgan fingerprint density at radius 3 is 2.65 bits per heavy atom. The predicted octanol–water partition coefficient (Wildman–Crippen LogP) is 3.31. The van der Waals surface area contributed by atoms with Gasteiger partial charge in [-0.3, -0.25) is 0 Å². The lowest BCUT2D eigenvalue weighted by atomic mass is 10.1. The van der Waals surface area contributed by atoms with Crippen LogP contribution in [-0.2, 0) is 11.3 Å². The molecule has 0 aliphatic rings. The molecule has 1 aromatic carbocycles. The van der Waals surface area contributed by atoms with Gasteiger partial charge in [0.25, 0.3) is 0 Å². The van der Waals surface area contributed by atoms with Crippen LogP contribution in [0.15, 0.2) is 43.0 Å². The van der Waals surface area contributed by atoms with Crippen molar-refractivity contribution in [1.29, 1.82) is 0 Å². The molecule has 0 heterocycles. The van der Waals surface area contributed by atoms with Crippen LogP contribution in [-0.4, -0.2) is 17.3 Å². The zero-order chi connectivity index (χ0) is 12.5. The van der Waals surface area contributed by atoms with Crippen molar-refractivity contribution in [2.75, 3.05) is 0 Å². The number of benzene rings is 1. The third-order valence-corrected chi connectivity index (χ3v) is 2.74. The Bertz CT molecular complexity index is 306. The highest BCUT2D eigenvalue weighted by atomic mass is 16.5. The highest BCUT2D eigenvalue weighted by molar-refractivity contribution is 5.13. The summed E-state index contributed by atoms with van der Waals surface area (Å²) < 4.78 is 5.75. The smallest absolute Gasteiger partial charge is 0.0835 e. The van der Waals surface area contributed by atoms with Gasteiger partial charge < -0.3 is 9.84 Å². The molecule has 1 N–H and O–H groups in total. The van der Waals surface area contributed by atoms with Gasteiger partial charge >= 0.3 is 0 Å². The molecule has 0 spiro atoms. The van der Waals surface area contributed by atoms with Crippen LogP contribution in [0.1, 0.15) is 31.7 Å². The Hall–Kier alpha value is -1.12. The average Bonchev–Trinajstić information content (AvgIpc) is 2.34. The van der Waals surface area contributed by atoms with Gasteiger partial charge in [0.05, 0.1) is 18.8 Å². The van der Waals surface area contributed by atoms with Gasteiger partial charge in [0, 0.05) is 0 Å². The van der Waals surface area contributed by atoms with Crippen LogP contribution in [0.5, 0.6) is 0 Å². The number of hydrogen-bond donors (Lipinski definition) is 1. The Morgan fingerprint density at radius 2 is 2.06 bits per heavy atom. The monoisotopic (exact) mass is 234 g/mol. The topological polar surface area (TPSA) is 29.5 Å². The maximum absolute atomic E-state index is 9.64. The summed E-state index contributed by atoms with van der Waals surface area (Å²) in [6.07, 6.45) is 4.23. The lowest BCUT2D eigenvalue weighted by Crippen LogP contribution is -2.26. The number of ether oxygens (including phenoxy) is 1. The molecule has 94 valence electrons. The second-order valence-electron chi connectivity index (χ2n) is 4.30. The first kappa shape index (κ1) is 13.9. The maximum atomic E-state index is 9.64. The molecule has 0 fully saturated rings. The number of unbranched alkanes of at least 4 members (excludes halogenated alkanes) is 1. The molecule has 0 amide bonds. The highest BCUT2D eigenvalue weighted by Crippen LogP contribution is 2.12. The summed E-state index contributed by atoms with van der Waals surface area (Å²) in [6.45, 7) is 6.03. The largest absolute Gasteiger partial charge is 0.391 e. The van der Waals surface area contributed by atoms with Gasteiger partial charge in [0.2, 0.25) is 0 Å². The molecule has 0 saturated carbocycles. The molecule has 0 radical (unpaired) electrons. The summed E-state index contributed by atoms with van der Waals surface area (Å²) in [7, 11) is 0. The minimum absolute atomic E-state index is 0.0878. The van der Waals surface area contributed by atoms with E-state index in [1.54, 1.807) is 6.92 Å². The average molecular weight is 234 g/mol. The molecule has 2 heteroatoms. The van der Waals surface area contributed by atoms with Crippen molar-refractivity contribution in [2.24, 2.45) is 0 Å². The summed E-state index contributed by atoms with van der Waals surface area (Å²) in [6, 6.07) is 10.0. The zero-order valence-corrected chi connectivity index (χ0v) is 10.5. The van der Waals surface area contributed by atoms with E-state index in [0.29, 0.717) is 6.61 Å². The van der Waals surface area contributed by atoms with Crippen molar-refractivity contribution in [1.82, 2.24) is 0 Å². The van der Waals surface area contributed by atoms with Gasteiger partial charge in [-0.25, -0.2) is 0 Å². The van der Waals surface area contributed by atoms with Crippen LogP contribution in [0, 0.1) is 0 Å². The Balaban J connectivity index is 2.36. The standard InChI is InChI=1S/C15H22O2/c1-3-4-6-11-15(13(2)16)17-12-14-9-7-5-8-10-14/h3,5,7-10,13,15-16H,1,4,6,11-12H2,2H3/t13-,15-/m1/s1. The summed E-state index contributed by atoms with van der Waals surface area (Å²) in [4.78, 5) is 0. The summed E-state index contributed by atoms with van der Waals surface area (Å²) in [5, 5.41) is 9.64. The van der Waals surface area contributed by atoms with Crippen LogP contribution in [0.25, 0.3) is 0 Å². The number of allylic oxidation sites excluding steroid dienone is 1. The van der Waals surface area contributed by atoms with Gasteiger partial charge in [-0.05, 0) is 31.7 Å². The Morgan fingerprint density at radius 1 is 1.35 bits per heavy atom. The highest BCUT2D eigenvalue weighted by Gasteiger charge is 2.14. The first-order valence-corrected chi connectivity index (χ1v) is 6.18. The minimum atomic E-state index is -0.427. The fraction of sp³-hybridized carbons (Fsp3) is 0.467. The molecular weight excluding hydrogens is 212 g/mol. The van der Waals surface area contributed by atoms with E-state index in [1.165, 1.54) is 0 Å². The van der Waals surface area contributed by atoms with E-state index in [4.69, 9.17) is 4.74 Å². The molecule has 2 nitrogen and oxygen atoms in total. The third-order valence-electron chi connectivity index (χ3n) is 2.74. The first-order valence-electron chi connectivity index (χ1n) is 6.18. The summed E-state index contributed by atoms with van der Waals surface area (Å²) in [5.74, 6) is 0. The molecule has 1 rings (SSSR count). The van der Waals surface area contributed by atoms with Gasteiger partial charge in [0.1, 0.15) is 0 Å². The lowest BCUT2D eigenvalue weighted by Gasteiger charge is -2.20. The van der Waals surface area contributed by atoms with Crippen molar-refractivity contribution in [2.45, 2.75) is 45.0 Å². The molecule has 0 unspecified atom stereocenters. The molecule has 0 bridgehead atoms. The second-order valence-corrected chi connectivity index (χ2v) is 4.30. The molecule has 1 aromatic rings.